The van der Waals surface area contributed by atoms with Gasteiger partial charge in [-0.05, 0) is 157 Å². The van der Waals surface area contributed by atoms with Gasteiger partial charge in [0, 0.05) is 19.8 Å². The minimum atomic E-state index is 0.176. The SMILES string of the molecule is CCCCCCCCCCCCCCNCCC[C@@H](C)[C@H]1CC[C@@H](C)[C@]1(C)[C@H](C[C@@H](C)[C@@]1(C)CC[C@@H](OCCCN)CC1C[C@H](C)OCCCC)OCCCN. The van der Waals surface area contributed by atoms with Crippen molar-refractivity contribution in [2.45, 2.75) is 234 Å². The van der Waals surface area contributed by atoms with Crippen LogP contribution in [0, 0.1) is 40.4 Å². The summed E-state index contributed by atoms with van der Waals surface area (Å²) in [5.41, 5.74) is 12.3. The molecule has 0 spiro atoms. The van der Waals surface area contributed by atoms with Crippen molar-refractivity contribution in [3.05, 3.63) is 0 Å². The lowest BCUT2D eigenvalue weighted by Gasteiger charge is -2.52. The van der Waals surface area contributed by atoms with Gasteiger partial charge in [-0.1, -0.05) is 126 Å². The zero-order chi connectivity index (χ0) is 41.1. The van der Waals surface area contributed by atoms with Gasteiger partial charge in [-0.25, -0.2) is 0 Å². The molecule has 6 nitrogen and oxygen atoms in total. The Balaban J connectivity index is 1.96. The molecule has 2 rings (SSSR count). The molecule has 10 atom stereocenters. The lowest BCUT2D eigenvalue weighted by atomic mass is 9.56. The highest BCUT2D eigenvalue weighted by atomic mass is 16.5. The van der Waals surface area contributed by atoms with E-state index in [1.807, 2.05) is 0 Å². The topological polar surface area (TPSA) is 91.8 Å². The molecule has 56 heavy (non-hydrogen) atoms. The van der Waals surface area contributed by atoms with E-state index in [0.29, 0.717) is 48.8 Å². The van der Waals surface area contributed by atoms with Crippen molar-refractivity contribution >= 4 is 0 Å². The van der Waals surface area contributed by atoms with Crippen molar-refractivity contribution in [3.63, 3.8) is 0 Å². The van der Waals surface area contributed by atoms with E-state index in [1.54, 1.807) is 0 Å². The van der Waals surface area contributed by atoms with Gasteiger partial charge in [0.2, 0.25) is 0 Å². The molecule has 1 unspecified atom stereocenters. The molecule has 0 aromatic rings. The average Bonchev–Trinajstić information content (AvgIpc) is 3.49. The summed E-state index contributed by atoms with van der Waals surface area (Å²) >= 11 is 0. The molecule has 5 N–H and O–H groups in total. The van der Waals surface area contributed by atoms with Crippen LogP contribution in [0.5, 0.6) is 0 Å². The summed E-state index contributed by atoms with van der Waals surface area (Å²) in [6.45, 7) is 25.9. The zero-order valence-electron chi connectivity index (χ0n) is 39.1. The number of nitrogens with one attached hydrogen (secondary N) is 1. The largest absolute Gasteiger partial charge is 0.378 e. The summed E-state index contributed by atoms with van der Waals surface area (Å²) in [7, 11) is 0. The van der Waals surface area contributed by atoms with Crippen molar-refractivity contribution in [2.24, 2.45) is 51.9 Å². The Hall–Kier alpha value is -0.240. The molecule has 0 aromatic carbocycles. The Morgan fingerprint density at radius 3 is 1.91 bits per heavy atom. The van der Waals surface area contributed by atoms with E-state index in [9.17, 15) is 0 Å². The number of unbranched alkanes of at least 4 members (excludes halogenated alkanes) is 12. The highest BCUT2D eigenvalue weighted by Gasteiger charge is 2.53. The predicted octanol–water partition coefficient (Wildman–Crippen LogP) is 12.6. The fourth-order valence-corrected chi connectivity index (χ4v) is 11.0. The molecule has 6 heteroatoms. The Morgan fingerprint density at radius 2 is 1.27 bits per heavy atom. The first-order valence-corrected chi connectivity index (χ1v) is 25.0. The molecule has 0 saturated heterocycles. The molecule has 0 aromatic heterocycles. The standard InChI is InChI=1S/C50H101N3O3/c1-9-11-13-14-15-16-17-18-19-20-21-22-33-53-34-23-26-41(3)47-28-27-42(4)50(47,8)48(56-37-25-32-52)38-43(5)49(7)30-29-46(55-36-24-31-51)40-45(49)39-44(6)54-35-12-10-2/h41-48,53H,9-40,51-52H2,1-8H3/t41-,42-,43-,44+,45?,46-,47-,48+,49-,50+/m1/s1. The van der Waals surface area contributed by atoms with Gasteiger partial charge < -0.3 is 31.0 Å². The van der Waals surface area contributed by atoms with Gasteiger partial charge in [-0.15, -0.1) is 0 Å². The van der Waals surface area contributed by atoms with E-state index in [2.05, 4.69) is 60.7 Å². The summed E-state index contributed by atoms with van der Waals surface area (Å²) in [6.07, 6.45) is 33.1. The fraction of sp³-hybridized carbons (Fsp3) is 1.00. The predicted molar refractivity (Wildman–Crippen MR) is 243 cm³/mol. The Bertz CT molecular complexity index is 920. The van der Waals surface area contributed by atoms with Crippen LogP contribution in [0.25, 0.3) is 0 Å². The third kappa shape index (κ3) is 18.6. The van der Waals surface area contributed by atoms with Crippen molar-refractivity contribution in [1.29, 1.82) is 0 Å². The van der Waals surface area contributed by atoms with Gasteiger partial charge in [-0.3, -0.25) is 0 Å². The molecule has 334 valence electrons. The highest BCUT2D eigenvalue weighted by molar-refractivity contribution is 5.02. The average molecular weight is 792 g/mol. The maximum absolute atomic E-state index is 7.08. The van der Waals surface area contributed by atoms with Crippen LogP contribution in [-0.4, -0.2) is 64.3 Å². The molecule has 2 saturated carbocycles. The molecule has 2 aliphatic rings. The summed E-state index contributed by atoms with van der Waals surface area (Å²) in [5, 5.41) is 3.81. The Kier molecular flexibility index (Phi) is 28.5. The monoisotopic (exact) mass is 792 g/mol. The molecule has 2 aliphatic carbocycles. The van der Waals surface area contributed by atoms with Crippen LogP contribution in [0.4, 0.5) is 0 Å². The minimum absolute atomic E-state index is 0.176. The van der Waals surface area contributed by atoms with Gasteiger partial charge in [0.25, 0.3) is 0 Å². The highest BCUT2D eigenvalue weighted by Crippen LogP contribution is 2.58. The van der Waals surface area contributed by atoms with E-state index < -0.39 is 0 Å². The second-order valence-electron chi connectivity index (χ2n) is 19.7. The van der Waals surface area contributed by atoms with Crippen molar-refractivity contribution in [1.82, 2.24) is 5.32 Å². The van der Waals surface area contributed by atoms with Crippen molar-refractivity contribution in [3.8, 4) is 0 Å². The van der Waals surface area contributed by atoms with Crippen molar-refractivity contribution in [2.75, 3.05) is 46.0 Å². The number of ether oxygens (including phenoxy) is 3. The quantitative estimate of drug-likeness (QED) is 0.0547. The van der Waals surface area contributed by atoms with Gasteiger partial charge >= 0.3 is 0 Å². The van der Waals surface area contributed by atoms with Gasteiger partial charge in [0.15, 0.2) is 0 Å². The second-order valence-corrected chi connectivity index (χ2v) is 19.7. The van der Waals surface area contributed by atoms with Crippen LogP contribution in [0.2, 0.25) is 0 Å². The molecule has 2 fully saturated rings. The van der Waals surface area contributed by atoms with Crippen LogP contribution in [-0.2, 0) is 14.2 Å². The third-order valence-electron chi connectivity index (χ3n) is 15.4. The van der Waals surface area contributed by atoms with Crippen LogP contribution < -0.4 is 16.8 Å². The van der Waals surface area contributed by atoms with Crippen molar-refractivity contribution < 1.29 is 14.2 Å². The maximum Gasteiger partial charge on any atom is 0.0636 e. The van der Waals surface area contributed by atoms with Gasteiger partial charge in [0.1, 0.15) is 0 Å². The molecule has 0 heterocycles. The van der Waals surface area contributed by atoms with Gasteiger partial charge in [0.05, 0.1) is 18.3 Å². The maximum atomic E-state index is 7.08. The zero-order valence-corrected chi connectivity index (χ0v) is 39.1. The normalized spacial score (nSPS) is 27.8. The molecular formula is C50H101N3O3. The molecule has 0 amide bonds. The summed E-state index contributed by atoms with van der Waals surface area (Å²) in [5.74, 6) is 3.19. The molecule has 0 aliphatic heterocycles. The smallest absolute Gasteiger partial charge is 0.0636 e. The first-order chi connectivity index (χ1) is 27.1. The lowest BCUT2D eigenvalue weighted by Crippen LogP contribution is -2.48. The first kappa shape index (κ1) is 51.9. The number of hydrogen-bond donors (Lipinski definition) is 3. The number of hydrogen-bond acceptors (Lipinski definition) is 6. The number of rotatable bonds is 36. The van der Waals surface area contributed by atoms with Crippen LogP contribution >= 0.6 is 0 Å². The molecule has 0 radical (unpaired) electrons. The Morgan fingerprint density at radius 1 is 0.679 bits per heavy atom. The van der Waals surface area contributed by atoms with Gasteiger partial charge in [-0.2, -0.15) is 0 Å². The molecular weight excluding hydrogens is 691 g/mol. The lowest BCUT2D eigenvalue weighted by molar-refractivity contribution is -0.115. The van der Waals surface area contributed by atoms with Crippen LogP contribution in [0.1, 0.15) is 216 Å². The summed E-state index contributed by atoms with van der Waals surface area (Å²) < 4.78 is 19.9. The third-order valence-corrected chi connectivity index (χ3v) is 15.4. The van der Waals surface area contributed by atoms with E-state index >= 15 is 0 Å². The number of nitrogens with two attached hydrogens (primary N) is 2. The van der Waals surface area contributed by atoms with E-state index in [0.717, 1.165) is 71.3 Å². The summed E-state index contributed by atoms with van der Waals surface area (Å²) in [6, 6.07) is 0. The first-order valence-electron chi connectivity index (χ1n) is 25.0. The van der Waals surface area contributed by atoms with E-state index in [4.69, 9.17) is 25.7 Å². The summed E-state index contributed by atoms with van der Waals surface area (Å²) in [4.78, 5) is 0. The van der Waals surface area contributed by atoms with Crippen LogP contribution in [0.15, 0.2) is 0 Å². The van der Waals surface area contributed by atoms with E-state index in [-0.39, 0.29) is 23.0 Å². The fourth-order valence-electron chi connectivity index (χ4n) is 11.0. The van der Waals surface area contributed by atoms with Crippen LogP contribution in [0.3, 0.4) is 0 Å². The minimum Gasteiger partial charge on any atom is -0.378 e. The Labute approximate surface area is 350 Å². The molecule has 0 bridgehead atoms. The second kappa shape index (κ2) is 30.7. The van der Waals surface area contributed by atoms with E-state index in [1.165, 1.54) is 122 Å².